The molecule has 0 unspecified atom stereocenters. The topological polar surface area (TPSA) is 44.1 Å². The predicted molar refractivity (Wildman–Crippen MR) is 115 cm³/mol. The molecule has 4 aromatic rings. The highest BCUT2D eigenvalue weighted by Gasteiger charge is 2.13. The van der Waals surface area contributed by atoms with Gasteiger partial charge in [0.05, 0.1) is 23.7 Å². The second kappa shape index (κ2) is 7.90. The number of aryl methyl sites for hydroxylation is 1. The summed E-state index contributed by atoms with van der Waals surface area (Å²) < 4.78 is 6.92. The number of ether oxygens (including phenoxy) is 1. The molecule has 140 valence electrons. The molecule has 0 saturated heterocycles. The Morgan fingerprint density at radius 2 is 1.75 bits per heavy atom. The number of para-hydroxylation sites is 1. The summed E-state index contributed by atoms with van der Waals surface area (Å²) in [6.45, 7) is 1.98. The molecule has 4 nitrogen and oxygen atoms in total. The van der Waals surface area contributed by atoms with Gasteiger partial charge in [0.2, 0.25) is 0 Å². The number of methoxy groups -OCH3 is 1. The van der Waals surface area contributed by atoms with Gasteiger partial charge in [-0.05, 0) is 48.9 Å². The van der Waals surface area contributed by atoms with Crippen LogP contribution in [0.15, 0.2) is 82.7 Å². The van der Waals surface area contributed by atoms with Gasteiger partial charge in [-0.3, -0.25) is 9.36 Å². The lowest BCUT2D eigenvalue weighted by Crippen LogP contribution is -2.21. The summed E-state index contributed by atoms with van der Waals surface area (Å²) in [6, 6.07) is 23.4. The molecule has 0 amide bonds. The first-order valence-corrected chi connectivity index (χ1v) is 9.99. The molecule has 0 aliphatic rings. The summed E-state index contributed by atoms with van der Waals surface area (Å²) >= 11 is 1.55. The minimum atomic E-state index is -0.0443. The minimum Gasteiger partial charge on any atom is -0.497 e. The molecule has 28 heavy (non-hydrogen) atoms. The minimum absolute atomic E-state index is 0.0443. The maximum atomic E-state index is 13.3. The van der Waals surface area contributed by atoms with E-state index in [-0.39, 0.29) is 5.56 Å². The van der Waals surface area contributed by atoms with E-state index in [4.69, 9.17) is 9.72 Å². The van der Waals surface area contributed by atoms with Gasteiger partial charge < -0.3 is 4.74 Å². The average Bonchev–Trinajstić information content (AvgIpc) is 2.74. The Bertz CT molecular complexity index is 1170. The third-order valence-corrected chi connectivity index (χ3v) is 5.54. The molecule has 0 fully saturated rings. The number of nitrogens with zero attached hydrogens (tertiary/aromatic N) is 2. The third-order valence-electron chi connectivity index (χ3n) is 4.53. The number of rotatable bonds is 5. The molecule has 1 heterocycles. The van der Waals surface area contributed by atoms with Gasteiger partial charge >= 0.3 is 0 Å². The number of aromatic nitrogens is 2. The Morgan fingerprint density at radius 1 is 1.00 bits per heavy atom. The van der Waals surface area contributed by atoms with Gasteiger partial charge in [0.15, 0.2) is 5.16 Å². The number of fused-ring (bicyclic) bond motifs is 1. The van der Waals surface area contributed by atoms with Gasteiger partial charge in [0, 0.05) is 5.75 Å². The van der Waals surface area contributed by atoms with E-state index in [0.717, 1.165) is 28.1 Å². The van der Waals surface area contributed by atoms with Gasteiger partial charge in [-0.2, -0.15) is 0 Å². The summed E-state index contributed by atoms with van der Waals surface area (Å²) in [5.41, 5.74) is 3.69. The van der Waals surface area contributed by atoms with Gasteiger partial charge in [-0.1, -0.05) is 53.7 Å². The molecular weight excluding hydrogens is 368 g/mol. The zero-order valence-corrected chi connectivity index (χ0v) is 16.6. The van der Waals surface area contributed by atoms with Crippen molar-refractivity contribution in [3.8, 4) is 11.4 Å². The molecule has 0 spiro atoms. The van der Waals surface area contributed by atoms with Crippen LogP contribution in [-0.4, -0.2) is 16.7 Å². The van der Waals surface area contributed by atoms with Crippen LogP contribution in [0.5, 0.6) is 5.75 Å². The van der Waals surface area contributed by atoms with Crippen LogP contribution >= 0.6 is 11.8 Å². The van der Waals surface area contributed by atoms with Crippen LogP contribution in [0.4, 0.5) is 0 Å². The van der Waals surface area contributed by atoms with Crippen molar-refractivity contribution < 1.29 is 4.74 Å². The first-order chi connectivity index (χ1) is 13.7. The van der Waals surface area contributed by atoms with Crippen molar-refractivity contribution >= 4 is 22.7 Å². The summed E-state index contributed by atoms with van der Waals surface area (Å²) in [7, 11) is 1.66. The van der Waals surface area contributed by atoms with Crippen LogP contribution in [0, 0.1) is 6.92 Å². The van der Waals surface area contributed by atoms with Crippen LogP contribution in [0.1, 0.15) is 11.1 Å². The van der Waals surface area contributed by atoms with Crippen LogP contribution in [-0.2, 0) is 5.75 Å². The summed E-state index contributed by atoms with van der Waals surface area (Å²) in [5.74, 6) is 1.54. The zero-order valence-electron chi connectivity index (χ0n) is 15.8. The van der Waals surface area contributed by atoms with E-state index in [1.807, 2.05) is 79.7 Å². The maximum absolute atomic E-state index is 13.3. The number of thioether (sulfide) groups is 1. The standard InChI is InChI=1S/C23H20N2O2S/c1-16-8-13-21-20(14-16)22(26)25(18-6-4-3-5-7-18)23(24-21)28-15-17-9-11-19(27-2)12-10-17/h3-14H,15H2,1-2H3. The number of benzene rings is 3. The first-order valence-electron chi connectivity index (χ1n) is 9.00. The van der Waals surface area contributed by atoms with E-state index in [1.54, 1.807) is 23.4 Å². The van der Waals surface area contributed by atoms with Crippen LogP contribution in [0.25, 0.3) is 16.6 Å². The highest BCUT2D eigenvalue weighted by atomic mass is 32.2. The SMILES string of the molecule is COc1ccc(CSc2nc3ccc(C)cc3c(=O)n2-c2ccccc2)cc1. The Balaban J connectivity index is 1.79. The third kappa shape index (κ3) is 3.66. The Morgan fingerprint density at radius 3 is 2.46 bits per heavy atom. The van der Waals surface area contributed by atoms with E-state index in [9.17, 15) is 4.79 Å². The fourth-order valence-electron chi connectivity index (χ4n) is 3.05. The van der Waals surface area contributed by atoms with Crippen LogP contribution in [0.3, 0.4) is 0 Å². The molecule has 3 aromatic carbocycles. The van der Waals surface area contributed by atoms with Crippen molar-refractivity contribution in [2.75, 3.05) is 7.11 Å². The van der Waals surface area contributed by atoms with E-state index in [1.165, 1.54) is 0 Å². The maximum Gasteiger partial charge on any atom is 0.266 e. The number of hydrogen-bond acceptors (Lipinski definition) is 4. The first kappa shape index (κ1) is 18.3. The monoisotopic (exact) mass is 388 g/mol. The van der Waals surface area contributed by atoms with Crippen molar-refractivity contribution in [2.45, 2.75) is 17.8 Å². The summed E-state index contributed by atoms with van der Waals surface area (Å²) in [5, 5.41) is 1.32. The molecule has 0 atom stereocenters. The second-order valence-corrected chi connectivity index (χ2v) is 7.47. The normalized spacial score (nSPS) is 10.9. The average molecular weight is 388 g/mol. The quantitative estimate of drug-likeness (QED) is 0.357. The summed E-state index contributed by atoms with van der Waals surface area (Å²) in [6.07, 6.45) is 0. The fraction of sp³-hybridized carbons (Fsp3) is 0.130. The molecule has 1 aromatic heterocycles. The van der Waals surface area contributed by atoms with Crippen LogP contribution < -0.4 is 10.3 Å². The predicted octanol–water partition coefficient (Wildman–Crippen LogP) is 5.00. The molecule has 0 aliphatic heterocycles. The van der Waals surface area contributed by atoms with E-state index >= 15 is 0 Å². The van der Waals surface area contributed by atoms with Gasteiger partial charge in [0.25, 0.3) is 5.56 Å². The lowest BCUT2D eigenvalue weighted by Gasteiger charge is -2.13. The Kier molecular flexibility index (Phi) is 5.17. The van der Waals surface area contributed by atoms with Crippen molar-refractivity contribution in [3.05, 3.63) is 94.3 Å². The highest BCUT2D eigenvalue weighted by molar-refractivity contribution is 7.98. The fourth-order valence-corrected chi connectivity index (χ4v) is 4.02. The van der Waals surface area contributed by atoms with Gasteiger partial charge in [0.1, 0.15) is 5.75 Å². The molecule has 0 saturated carbocycles. The Hall–Kier alpha value is -3.05. The molecule has 0 radical (unpaired) electrons. The van der Waals surface area contributed by atoms with Gasteiger partial charge in [-0.25, -0.2) is 4.98 Å². The molecule has 0 N–H and O–H groups in total. The largest absolute Gasteiger partial charge is 0.497 e. The molecule has 0 bridgehead atoms. The van der Waals surface area contributed by atoms with Crippen molar-refractivity contribution in [1.82, 2.24) is 9.55 Å². The van der Waals surface area contributed by atoms with Crippen LogP contribution in [0.2, 0.25) is 0 Å². The zero-order chi connectivity index (χ0) is 19.5. The molecular formula is C23H20N2O2S. The molecule has 5 heteroatoms. The molecule has 0 aliphatic carbocycles. The van der Waals surface area contributed by atoms with Crippen molar-refractivity contribution in [1.29, 1.82) is 0 Å². The van der Waals surface area contributed by atoms with Crippen molar-refractivity contribution in [3.63, 3.8) is 0 Å². The second-order valence-electron chi connectivity index (χ2n) is 6.53. The highest BCUT2D eigenvalue weighted by Crippen LogP contribution is 2.25. The van der Waals surface area contributed by atoms with E-state index in [0.29, 0.717) is 16.3 Å². The van der Waals surface area contributed by atoms with Gasteiger partial charge in [-0.15, -0.1) is 0 Å². The van der Waals surface area contributed by atoms with Crippen molar-refractivity contribution in [2.24, 2.45) is 0 Å². The lowest BCUT2D eigenvalue weighted by molar-refractivity contribution is 0.414. The Labute approximate surface area is 167 Å². The van der Waals surface area contributed by atoms with E-state index < -0.39 is 0 Å². The number of hydrogen-bond donors (Lipinski definition) is 0. The van der Waals surface area contributed by atoms with E-state index in [2.05, 4.69) is 0 Å². The smallest absolute Gasteiger partial charge is 0.266 e. The lowest BCUT2D eigenvalue weighted by atomic mass is 10.1. The molecule has 4 rings (SSSR count). The summed E-state index contributed by atoms with van der Waals surface area (Å²) in [4.78, 5) is 18.1.